The second-order valence-corrected chi connectivity index (χ2v) is 5.57. The molecule has 0 saturated heterocycles. The van der Waals surface area contributed by atoms with Crippen molar-refractivity contribution in [3.05, 3.63) is 22.8 Å². The van der Waals surface area contributed by atoms with E-state index in [0.717, 1.165) is 5.92 Å². The number of rotatable bonds is 0. The molecule has 0 nitrogen and oxygen atoms in total. The lowest BCUT2D eigenvalue weighted by Crippen LogP contribution is -2.02. The van der Waals surface area contributed by atoms with Crippen molar-refractivity contribution in [1.29, 1.82) is 0 Å². The first kappa shape index (κ1) is 9.69. The van der Waals surface area contributed by atoms with Crippen molar-refractivity contribution in [2.24, 2.45) is 5.92 Å². The van der Waals surface area contributed by atoms with Gasteiger partial charge in [0.1, 0.15) is 0 Å². The third kappa shape index (κ3) is 1.91. The van der Waals surface area contributed by atoms with Crippen LogP contribution in [0.5, 0.6) is 0 Å². The molecule has 0 aromatic carbocycles. The van der Waals surface area contributed by atoms with E-state index in [-0.39, 0.29) is 0 Å². The molecule has 1 atom stereocenters. The lowest BCUT2D eigenvalue weighted by atomic mass is 9.87. The highest BCUT2D eigenvalue weighted by atomic mass is 14.4. The van der Waals surface area contributed by atoms with E-state index in [2.05, 4.69) is 6.08 Å². The van der Waals surface area contributed by atoms with Gasteiger partial charge in [0.25, 0.3) is 0 Å². The molecule has 3 rings (SSSR count). The van der Waals surface area contributed by atoms with Gasteiger partial charge in [-0.1, -0.05) is 42.1 Å². The van der Waals surface area contributed by atoms with Crippen molar-refractivity contribution >= 4 is 0 Å². The molecule has 0 aliphatic heterocycles. The Balaban J connectivity index is 1.78. The normalized spacial score (nSPS) is 31.5. The van der Waals surface area contributed by atoms with Gasteiger partial charge < -0.3 is 0 Å². The summed E-state index contributed by atoms with van der Waals surface area (Å²) >= 11 is 0. The number of allylic oxidation sites excluding steroid dienone is 4. The molecule has 0 aromatic rings. The summed E-state index contributed by atoms with van der Waals surface area (Å²) in [6.07, 6.45) is 16.9. The van der Waals surface area contributed by atoms with Gasteiger partial charge in [0.05, 0.1) is 0 Å². The Morgan fingerprint density at radius 1 is 0.933 bits per heavy atom. The van der Waals surface area contributed by atoms with Crippen LogP contribution in [0.3, 0.4) is 0 Å². The molecule has 3 aliphatic carbocycles. The zero-order valence-corrected chi connectivity index (χ0v) is 9.73. The quantitative estimate of drug-likeness (QED) is 0.496. The Morgan fingerprint density at radius 2 is 1.67 bits per heavy atom. The number of fused-ring (bicyclic) bond motifs is 2. The van der Waals surface area contributed by atoms with Crippen molar-refractivity contribution in [1.82, 2.24) is 0 Å². The van der Waals surface area contributed by atoms with Crippen LogP contribution >= 0.6 is 0 Å². The Bertz CT molecular complexity index is 296. The average Bonchev–Trinajstić information content (AvgIpc) is 2.78. The largest absolute Gasteiger partial charge is 0.0844 e. The fraction of sp³-hybridized carbons (Fsp3) is 0.733. The van der Waals surface area contributed by atoms with Crippen LogP contribution in [0.4, 0.5) is 0 Å². The first-order chi connectivity index (χ1) is 7.43. The summed E-state index contributed by atoms with van der Waals surface area (Å²) < 4.78 is 0. The topological polar surface area (TPSA) is 0 Å². The maximum Gasteiger partial charge on any atom is -0.0103 e. The van der Waals surface area contributed by atoms with Gasteiger partial charge in [0.2, 0.25) is 0 Å². The average molecular weight is 202 g/mol. The lowest BCUT2D eigenvalue weighted by molar-refractivity contribution is 0.554. The summed E-state index contributed by atoms with van der Waals surface area (Å²) in [5, 5.41) is 0. The van der Waals surface area contributed by atoms with Gasteiger partial charge in [0.15, 0.2) is 0 Å². The van der Waals surface area contributed by atoms with Crippen LogP contribution < -0.4 is 0 Å². The SMILES string of the molecule is C1=C2CC(=C3CCCCCCC3)C(C1)C2. The zero-order chi connectivity index (χ0) is 10.1. The minimum absolute atomic E-state index is 0.953. The maximum absolute atomic E-state index is 2.50. The van der Waals surface area contributed by atoms with Crippen LogP contribution in [0.15, 0.2) is 22.8 Å². The van der Waals surface area contributed by atoms with E-state index in [4.69, 9.17) is 0 Å². The van der Waals surface area contributed by atoms with E-state index in [1.54, 1.807) is 5.57 Å². The van der Waals surface area contributed by atoms with Crippen LogP contribution in [0.2, 0.25) is 0 Å². The van der Waals surface area contributed by atoms with Crippen molar-refractivity contribution in [2.45, 2.75) is 64.2 Å². The van der Waals surface area contributed by atoms with Crippen LogP contribution in [0, 0.1) is 5.92 Å². The molecule has 1 unspecified atom stereocenters. The van der Waals surface area contributed by atoms with Crippen molar-refractivity contribution in [3.63, 3.8) is 0 Å². The molecular weight excluding hydrogens is 180 g/mol. The van der Waals surface area contributed by atoms with Gasteiger partial charge in [-0.15, -0.1) is 0 Å². The Kier molecular flexibility index (Phi) is 2.68. The first-order valence-electron chi connectivity index (χ1n) is 6.82. The third-order valence-corrected chi connectivity index (χ3v) is 4.52. The monoisotopic (exact) mass is 202 g/mol. The molecule has 0 amide bonds. The highest BCUT2D eigenvalue weighted by Gasteiger charge is 2.30. The van der Waals surface area contributed by atoms with Crippen molar-refractivity contribution in [2.75, 3.05) is 0 Å². The minimum Gasteiger partial charge on any atom is -0.0844 e. The standard InChI is InChI=1S/C15H22/c1-2-4-6-13(7-5-3-1)15-11-12-8-9-14(15)10-12/h8,14H,1-7,9-11H2. The molecule has 2 saturated carbocycles. The first-order valence-corrected chi connectivity index (χ1v) is 6.82. The molecule has 2 bridgehead atoms. The van der Waals surface area contributed by atoms with Crippen LogP contribution in [0.25, 0.3) is 0 Å². The summed E-state index contributed by atoms with van der Waals surface area (Å²) in [5.41, 5.74) is 5.52. The smallest absolute Gasteiger partial charge is 0.0103 e. The second-order valence-electron chi connectivity index (χ2n) is 5.57. The summed E-state index contributed by atoms with van der Waals surface area (Å²) in [5.74, 6) is 0.953. The molecule has 0 radical (unpaired) electrons. The van der Waals surface area contributed by atoms with Gasteiger partial charge in [0, 0.05) is 0 Å². The molecule has 0 N–H and O–H groups in total. The third-order valence-electron chi connectivity index (χ3n) is 4.52. The molecule has 0 heteroatoms. The molecule has 0 aromatic heterocycles. The predicted octanol–water partition coefficient (Wildman–Crippen LogP) is 4.77. The zero-order valence-electron chi connectivity index (χ0n) is 9.73. The summed E-state index contributed by atoms with van der Waals surface area (Å²) in [6, 6.07) is 0. The van der Waals surface area contributed by atoms with Gasteiger partial charge in [-0.05, 0) is 50.9 Å². The number of hydrogen-bond donors (Lipinski definition) is 0. The van der Waals surface area contributed by atoms with E-state index in [9.17, 15) is 0 Å². The van der Waals surface area contributed by atoms with E-state index >= 15 is 0 Å². The summed E-state index contributed by atoms with van der Waals surface area (Å²) in [4.78, 5) is 0. The van der Waals surface area contributed by atoms with E-state index in [1.165, 1.54) is 64.2 Å². The van der Waals surface area contributed by atoms with Crippen LogP contribution in [-0.2, 0) is 0 Å². The fourth-order valence-electron chi connectivity index (χ4n) is 3.66. The molecule has 82 valence electrons. The molecule has 2 fully saturated rings. The van der Waals surface area contributed by atoms with Gasteiger partial charge in [-0.2, -0.15) is 0 Å². The maximum atomic E-state index is 2.50. The van der Waals surface area contributed by atoms with E-state index < -0.39 is 0 Å². The Hall–Kier alpha value is -0.520. The Morgan fingerprint density at radius 3 is 2.27 bits per heavy atom. The summed E-state index contributed by atoms with van der Waals surface area (Å²) in [6.45, 7) is 0. The van der Waals surface area contributed by atoms with Crippen LogP contribution in [0.1, 0.15) is 64.2 Å². The highest BCUT2D eigenvalue weighted by molar-refractivity contribution is 5.36. The molecule has 0 spiro atoms. The predicted molar refractivity (Wildman–Crippen MR) is 64.8 cm³/mol. The molecule has 3 aliphatic rings. The van der Waals surface area contributed by atoms with Crippen molar-refractivity contribution in [3.8, 4) is 0 Å². The molecule has 0 heterocycles. The van der Waals surface area contributed by atoms with E-state index in [1.807, 2.05) is 11.1 Å². The highest BCUT2D eigenvalue weighted by Crippen LogP contribution is 2.46. The van der Waals surface area contributed by atoms with Gasteiger partial charge in [-0.25, -0.2) is 0 Å². The summed E-state index contributed by atoms with van der Waals surface area (Å²) in [7, 11) is 0. The van der Waals surface area contributed by atoms with Gasteiger partial charge in [-0.3, -0.25) is 0 Å². The lowest BCUT2D eigenvalue weighted by Gasteiger charge is -2.19. The van der Waals surface area contributed by atoms with Crippen LogP contribution in [-0.4, -0.2) is 0 Å². The Labute approximate surface area is 93.5 Å². The fourth-order valence-corrected chi connectivity index (χ4v) is 3.66. The van der Waals surface area contributed by atoms with Gasteiger partial charge >= 0.3 is 0 Å². The minimum atomic E-state index is 0.953. The molecular formula is C15H22. The number of hydrogen-bond acceptors (Lipinski definition) is 0. The second kappa shape index (κ2) is 4.15. The molecule has 15 heavy (non-hydrogen) atoms. The van der Waals surface area contributed by atoms with Crippen molar-refractivity contribution < 1.29 is 0 Å². The van der Waals surface area contributed by atoms with E-state index in [0.29, 0.717) is 0 Å².